The van der Waals surface area contributed by atoms with Crippen LogP contribution in [0.4, 0.5) is 0 Å². The second kappa shape index (κ2) is 11.7. The molecule has 0 heterocycles. The van der Waals surface area contributed by atoms with E-state index in [4.69, 9.17) is 9.47 Å². The zero-order valence-electron chi connectivity index (χ0n) is 19.3. The Bertz CT molecular complexity index is 1070. The molecule has 1 N–H and O–H groups in total. The first-order chi connectivity index (χ1) is 16.0. The van der Waals surface area contributed by atoms with E-state index in [-0.39, 0.29) is 18.4 Å². The average Bonchev–Trinajstić information content (AvgIpc) is 2.85. The minimum atomic E-state index is -0.688. The van der Waals surface area contributed by atoms with Crippen LogP contribution >= 0.6 is 0 Å². The van der Waals surface area contributed by atoms with Gasteiger partial charge < -0.3 is 19.7 Å². The number of hydrogen-bond donors (Lipinski definition) is 1. The number of amides is 2. The van der Waals surface area contributed by atoms with Gasteiger partial charge in [0.1, 0.15) is 6.04 Å². The van der Waals surface area contributed by atoms with Crippen molar-refractivity contribution in [3.63, 3.8) is 0 Å². The van der Waals surface area contributed by atoms with E-state index in [1.54, 1.807) is 31.2 Å². The van der Waals surface area contributed by atoms with Crippen molar-refractivity contribution in [2.24, 2.45) is 0 Å². The molecule has 0 fully saturated rings. The second-order valence-corrected chi connectivity index (χ2v) is 7.77. The number of para-hydroxylation sites is 2. The Hall–Kier alpha value is -3.80. The van der Waals surface area contributed by atoms with Crippen molar-refractivity contribution in [2.45, 2.75) is 25.9 Å². The predicted octanol–water partition coefficient (Wildman–Crippen LogP) is 3.77. The molecular formula is C27H30N2O4. The van der Waals surface area contributed by atoms with E-state index in [1.807, 2.05) is 73.7 Å². The first-order valence-corrected chi connectivity index (χ1v) is 10.9. The summed E-state index contributed by atoms with van der Waals surface area (Å²) >= 11 is 0. The fourth-order valence-corrected chi connectivity index (χ4v) is 3.69. The molecule has 6 heteroatoms. The first-order valence-electron chi connectivity index (χ1n) is 10.9. The van der Waals surface area contributed by atoms with Crippen molar-refractivity contribution >= 4 is 11.8 Å². The van der Waals surface area contributed by atoms with Crippen LogP contribution in [-0.4, -0.2) is 43.5 Å². The number of methoxy groups -OCH3 is 1. The molecule has 0 bridgehead atoms. The van der Waals surface area contributed by atoms with Crippen LogP contribution in [0, 0.1) is 6.92 Å². The third kappa shape index (κ3) is 6.59. The molecule has 0 radical (unpaired) electrons. The first kappa shape index (κ1) is 23.9. The van der Waals surface area contributed by atoms with Gasteiger partial charge in [-0.1, -0.05) is 72.3 Å². The Labute approximate surface area is 195 Å². The lowest BCUT2D eigenvalue weighted by molar-refractivity contribution is -0.142. The maximum Gasteiger partial charge on any atom is 0.261 e. The van der Waals surface area contributed by atoms with Crippen LogP contribution in [-0.2, 0) is 22.6 Å². The van der Waals surface area contributed by atoms with Crippen LogP contribution in [0.1, 0.15) is 16.7 Å². The molecule has 0 saturated heterocycles. The number of ether oxygens (including phenoxy) is 2. The number of nitrogens with one attached hydrogen (secondary N) is 1. The van der Waals surface area contributed by atoms with Gasteiger partial charge in [-0.15, -0.1) is 0 Å². The van der Waals surface area contributed by atoms with Gasteiger partial charge in [-0.05, 0) is 30.2 Å². The highest BCUT2D eigenvalue weighted by Crippen LogP contribution is 2.26. The van der Waals surface area contributed by atoms with Crippen LogP contribution in [0.25, 0.3) is 0 Å². The molecule has 2 amide bonds. The Kier molecular flexibility index (Phi) is 8.47. The number of likely N-dealkylation sites (N-methyl/N-ethyl adjacent to an activating group) is 1. The van der Waals surface area contributed by atoms with E-state index < -0.39 is 6.04 Å². The summed E-state index contributed by atoms with van der Waals surface area (Å²) in [6.45, 7) is 2.08. The monoisotopic (exact) mass is 446 g/mol. The molecule has 0 aromatic heterocycles. The maximum atomic E-state index is 13.4. The van der Waals surface area contributed by atoms with Crippen LogP contribution in [0.2, 0.25) is 0 Å². The number of nitrogens with zero attached hydrogens (tertiary/aromatic N) is 1. The van der Waals surface area contributed by atoms with Gasteiger partial charge in [0.2, 0.25) is 5.91 Å². The summed E-state index contributed by atoms with van der Waals surface area (Å²) in [5.74, 6) is 0.509. The normalized spacial score (nSPS) is 11.4. The van der Waals surface area contributed by atoms with Crippen LogP contribution in [0.3, 0.4) is 0 Å². The van der Waals surface area contributed by atoms with Crippen LogP contribution < -0.4 is 14.8 Å². The molecule has 0 saturated carbocycles. The lowest BCUT2D eigenvalue weighted by atomic mass is 10.0. The van der Waals surface area contributed by atoms with Gasteiger partial charge in [0.05, 0.1) is 7.11 Å². The number of carbonyl (C=O) groups excluding carboxylic acids is 2. The molecule has 0 aliphatic rings. The molecule has 3 aromatic rings. The summed E-state index contributed by atoms with van der Waals surface area (Å²) in [6.07, 6.45) is 0.396. The van der Waals surface area contributed by atoms with E-state index in [9.17, 15) is 9.59 Å². The minimum absolute atomic E-state index is 0.214. The van der Waals surface area contributed by atoms with Gasteiger partial charge in [-0.25, -0.2) is 0 Å². The molecule has 1 unspecified atom stereocenters. The fourth-order valence-electron chi connectivity index (χ4n) is 3.69. The zero-order chi connectivity index (χ0) is 23.6. The Balaban J connectivity index is 1.88. The van der Waals surface area contributed by atoms with E-state index in [0.717, 1.165) is 16.7 Å². The summed E-state index contributed by atoms with van der Waals surface area (Å²) in [4.78, 5) is 28.0. The smallest absolute Gasteiger partial charge is 0.261 e. The van der Waals surface area contributed by atoms with Crippen molar-refractivity contribution in [2.75, 3.05) is 20.8 Å². The lowest BCUT2D eigenvalue weighted by Gasteiger charge is -2.31. The summed E-state index contributed by atoms with van der Waals surface area (Å²) in [5, 5.41) is 2.72. The number of aryl methyl sites for hydroxylation is 1. The predicted molar refractivity (Wildman–Crippen MR) is 128 cm³/mol. The van der Waals surface area contributed by atoms with Crippen molar-refractivity contribution in [3.8, 4) is 11.5 Å². The van der Waals surface area contributed by atoms with E-state index in [1.165, 1.54) is 0 Å². The van der Waals surface area contributed by atoms with E-state index in [2.05, 4.69) is 5.32 Å². The van der Waals surface area contributed by atoms with Gasteiger partial charge in [-0.2, -0.15) is 0 Å². The molecule has 0 spiro atoms. The van der Waals surface area contributed by atoms with Gasteiger partial charge in [0.25, 0.3) is 5.91 Å². The number of carbonyl (C=O) groups is 2. The highest BCUT2D eigenvalue weighted by molar-refractivity contribution is 5.88. The summed E-state index contributed by atoms with van der Waals surface area (Å²) in [7, 11) is 3.14. The fraction of sp³-hybridized carbons (Fsp3) is 0.259. The molecule has 0 aliphatic carbocycles. The third-order valence-corrected chi connectivity index (χ3v) is 5.37. The minimum Gasteiger partial charge on any atom is -0.493 e. The van der Waals surface area contributed by atoms with E-state index in [0.29, 0.717) is 24.5 Å². The van der Waals surface area contributed by atoms with Gasteiger partial charge in [0, 0.05) is 20.0 Å². The quantitative estimate of drug-likeness (QED) is 0.515. The highest BCUT2D eigenvalue weighted by atomic mass is 16.5. The molecule has 3 rings (SSSR count). The lowest BCUT2D eigenvalue weighted by Crippen LogP contribution is -2.51. The van der Waals surface area contributed by atoms with Gasteiger partial charge in [0.15, 0.2) is 18.1 Å². The molecule has 1 atom stereocenters. The van der Waals surface area contributed by atoms with Crippen molar-refractivity contribution in [3.05, 3.63) is 95.6 Å². The van der Waals surface area contributed by atoms with Gasteiger partial charge in [-0.3, -0.25) is 9.59 Å². The van der Waals surface area contributed by atoms with Crippen molar-refractivity contribution in [1.82, 2.24) is 10.2 Å². The molecule has 33 heavy (non-hydrogen) atoms. The van der Waals surface area contributed by atoms with Crippen molar-refractivity contribution < 1.29 is 19.1 Å². The topological polar surface area (TPSA) is 67.9 Å². The molecule has 3 aromatic carbocycles. The van der Waals surface area contributed by atoms with Gasteiger partial charge >= 0.3 is 0 Å². The molecule has 6 nitrogen and oxygen atoms in total. The molecule has 172 valence electrons. The average molecular weight is 447 g/mol. The highest BCUT2D eigenvalue weighted by Gasteiger charge is 2.30. The van der Waals surface area contributed by atoms with E-state index >= 15 is 0 Å². The Morgan fingerprint density at radius 2 is 1.58 bits per heavy atom. The molecule has 0 aliphatic heterocycles. The Morgan fingerprint density at radius 3 is 2.24 bits per heavy atom. The largest absolute Gasteiger partial charge is 0.493 e. The van der Waals surface area contributed by atoms with Crippen LogP contribution in [0.15, 0.2) is 78.9 Å². The second-order valence-electron chi connectivity index (χ2n) is 7.77. The SMILES string of the molecule is CNC(=O)C(Cc1ccccc1)N(Cc1cccc(C)c1)C(=O)COc1ccccc1OC. The number of hydrogen-bond acceptors (Lipinski definition) is 4. The number of rotatable bonds is 10. The summed E-state index contributed by atoms with van der Waals surface area (Å²) in [5.41, 5.74) is 3.01. The summed E-state index contributed by atoms with van der Waals surface area (Å²) in [6, 6.07) is 24.1. The zero-order valence-corrected chi connectivity index (χ0v) is 19.3. The van der Waals surface area contributed by atoms with Crippen molar-refractivity contribution in [1.29, 1.82) is 0 Å². The standard InChI is InChI=1S/C27H30N2O4/c1-20-10-9-13-22(16-20)18-29(23(27(31)28-2)17-21-11-5-4-6-12-21)26(30)19-33-25-15-8-7-14-24(25)32-3/h4-16,23H,17-19H2,1-3H3,(H,28,31). The maximum absolute atomic E-state index is 13.4. The third-order valence-electron chi connectivity index (χ3n) is 5.37. The summed E-state index contributed by atoms with van der Waals surface area (Å²) < 4.78 is 11.1. The Morgan fingerprint density at radius 1 is 0.909 bits per heavy atom. The van der Waals surface area contributed by atoms with Crippen LogP contribution in [0.5, 0.6) is 11.5 Å². The number of benzene rings is 3. The molecular weight excluding hydrogens is 416 g/mol.